The lowest BCUT2D eigenvalue weighted by molar-refractivity contribution is 0.0682. The van der Waals surface area contributed by atoms with Gasteiger partial charge >= 0.3 is 0 Å². The molecule has 2 aliphatic rings. The third-order valence-electron chi connectivity index (χ3n) is 4.71. The number of halogens is 1. The van der Waals surface area contributed by atoms with Crippen LogP contribution in [0.5, 0.6) is 0 Å². The van der Waals surface area contributed by atoms with E-state index in [0.29, 0.717) is 50.9 Å². The number of amides is 1. The van der Waals surface area contributed by atoms with Crippen molar-refractivity contribution in [2.24, 2.45) is 5.92 Å². The van der Waals surface area contributed by atoms with Gasteiger partial charge in [-0.3, -0.25) is 4.79 Å². The first-order valence-corrected chi connectivity index (χ1v) is 10.4. The molecule has 1 amide bonds. The number of hydrogen-bond acceptors (Lipinski definition) is 4. The third-order valence-corrected chi connectivity index (χ3v) is 7.09. The Balaban J connectivity index is 1.88. The smallest absolute Gasteiger partial charge is 0.253 e. The van der Waals surface area contributed by atoms with E-state index in [4.69, 9.17) is 16.3 Å². The quantitative estimate of drug-likeness (QED) is 0.799. The number of carbonyl (C=O) groups excluding carboxylic acids is 1. The van der Waals surface area contributed by atoms with Gasteiger partial charge in [0.1, 0.15) is 4.90 Å². The molecule has 0 aromatic heterocycles. The molecule has 8 heteroatoms. The van der Waals surface area contributed by atoms with Gasteiger partial charge in [0, 0.05) is 31.7 Å². The lowest BCUT2D eigenvalue weighted by Gasteiger charge is -2.31. The maximum absolute atomic E-state index is 12.9. The molecule has 0 N–H and O–H groups in total. The first-order valence-electron chi connectivity index (χ1n) is 8.56. The van der Waals surface area contributed by atoms with Crippen molar-refractivity contribution < 1.29 is 17.9 Å². The van der Waals surface area contributed by atoms with E-state index in [1.165, 1.54) is 16.4 Å². The second-order valence-corrected chi connectivity index (χ2v) is 8.97. The predicted octanol–water partition coefficient (Wildman–Crippen LogP) is 2.23. The molecule has 2 aliphatic heterocycles. The average Bonchev–Trinajstić information content (AvgIpc) is 2.62. The van der Waals surface area contributed by atoms with Crippen LogP contribution in [0.25, 0.3) is 0 Å². The Morgan fingerprint density at radius 1 is 1.24 bits per heavy atom. The number of ether oxygens (including phenoxy) is 1. The van der Waals surface area contributed by atoms with E-state index in [2.05, 4.69) is 6.92 Å². The standard InChI is InChI=1S/C17H23ClN2O4S/c1-13-3-2-6-19(12-13)17(21)14-4-5-15(18)16(11-14)25(22,23)20-7-9-24-10-8-20/h4-5,11,13H,2-3,6-10,12H2,1H3/t13-/m1/s1. The maximum Gasteiger partial charge on any atom is 0.253 e. The van der Waals surface area contributed by atoms with E-state index in [9.17, 15) is 13.2 Å². The minimum atomic E-state index is -3.74. The van der Waals surface area contributed by atoms with Gasteiger partial charge in [-0.05, 0) is 37.0 Å². The molecule has 2 heterocycles. The molecule has 2 saturated heterocycles. The number of nitrogens with zero attached hydrogens (tertiary/aromatic N) is 2. The number of morpholine rings is 1. The molecule has 0 spiro atoms. The van der Waals surface area contributed by atoms with Crippen LogP contribution in [0.3, 0.4) is 0 Å². The van der Waals surface area contributed by atoms with Crippen molar-refractivity contribution in [3.8, 4) is 0 Å². The summed E-state index contributed by atoms with van der Waals surface area (Å²) >= 11 is 6.15. The summed E-state index contributed by atoms with van der Waals surface area (Å²) in [5.41, 5.74) is 0.366. The number of benzene rings is 1. The minimum Gasteiger partial charge on any atom is -0.379 e. The summed E-state index contributed by atoms with van der Waals surface area (Å²) in [6.45, 7) is 4.84. The Morgan fingerprint density at radius 3 is 2.64 bits per heavy atom. The van der Waals surface area contributed by atoms with E-state index < -0.39 is 10.0 Å². The van der Waals surface area contributed by atoms with Gasteiger partial charge in [0.05, 0.1) is 18.2 Å². The summed E-state index contributed by atoms with van der Waals surface area (Å²) in [7, 11) is -3.74. The molecule has 0 saturated carbocycles. The SMILES string of the molecule is C[C@@H]1CCCN(C(=O)c2ccc(Cl)c(S(=O)(=O)N3CCOCC3)c2)C1. The number of carbonyl (C=O) groups is 1. The zero-order valence-electron chi connectivity index (χ0n) is 14.3. The van der Waals surface area contributed by atoms with Crippen LogP contribution in [0.1, 0.15) is 30.1 Å². The van der Waals surface area contributed by atoms with Crippen molar-refractivity contribution in [3.05, 3.63) is 28.8 Å². The van der Waals surface area contributed by atoms with E-state index >= 15 is 0 Å². The van der Waals surface area contributed by atoms with Gasteiger partial charge in [0.15, 0.2) is 0 Å². The summed E-state index contributed by atoms with van der Waals surface area (Å²) in [5, 5.41) is 0.134. The maximum atomic E-state index is 12.9. The van der Waals surface area contributed by atoms with Crippen molar-refractivity contribution in [1.29, 1.82) is 0 Å². The van der Waals surface area contributed by atoms with E-state index in [1.54, 1.807) is 11.0 Å². The van der Waals surface area contributed by atoms with Gasteiger partial charge in [0.25, 0.3) is 5.91 Å². The molecular weight excluding hydrogens is 364 g/mol. The molecule has 1 atom stereocenters. The zero-order chi connectivity index (χ0) is 18.0. The Kier molecular flexibility index (Phi) is 5.68. The molecule has 1 aromatic carbocycles. The number of sulfonamides is 1. The molecule has 0 bridgehead atoms. The van der Waals surface area contributed by atoms with Crippen LogP contribution in [-0.2, 0) is 14.8 Å². The van der Waals surface area contributed by atoms with E-state index in [1.807, 2.05) is 0 Å². The van der Waals surface area contributed by atoms with Gasteiger partial charge in [-0.1, -0.05) is 18.5 Å². The molecule has 138 valence electrons. The Hall–Kier alpha value is -1.15. The second kappa shape index (κ2) is 7.61. The minimum absolute atomic E-state index is 0.00743. The van der Waals surface area contributed by atoms with E-state index in [0.717, 1.165) is 12.8 Å². The number of hydrogen-bond donors (Lipinski definition) is 0. The van der Waals surface area contributed by atoms with Gasteiger partial charge in [-0.2, -0.15) is 4.31 Å². The van der Waals surface area contributed by atoms with Crippen LogP contribution in [0.2, 0.25) is 5.02 Å². The van der Waals surface area contributed by atoms with Crippen molar-refractivity contribution in [3.63, 3.8) is 0 Å². The fraction of sp³-hybridized carbons (Fsp3) is 0.588. The van der Waals surface area contributed by atoms with Crippen molar-refractivity contribution in [1.82, 2.24) is 9.21 Å². The molecule has 0 radical (unpaired) electrons. The predicted molar refractivity (Wildman–Crippen MR) is 95.3 cm³/mol. The highest BCUT2D eigenvalue weighted by Gasteiger charge is 2.30. The normalized spacial score (nSPS) is 22.8. The van der Waals surface area contributed by atoms with Crippen molar-refractivity contribution in [2.75, 3.05) is 39.4 Å². The molecule has 1 aromatic rings. The number of likely N-dealkylation sites (tertiary alicyclic amines) is 1. The van der Waals surface area contributed by atoms with Crippen LogP contribution in [0.15, 0.2) is 23.1 Å². The molecule has 3 rings (SSSR count). The van der Waals surface area contributed by atoms with Crippen LogP contribution in [-0.4, -0.2) is 62.9 Å². The van der Waals surface area contributed by atoms with Crippen LogP contribution in [0.4, 0.5) is 0 Å². The van der Waals surface area contributed by atoms with Crippen molar-refractivity contribution >= 4 is 27.5 Å². The van der Waals surface area contributed by atoms with Gasteiger partial charge < -0.3 is 9.64 Å². The molecule has 2 fully saturated rings. The van der Waals surface area contributed by atoms with Crippen LogP contribution >= 0.6 is 11.6 Å². The summed E-state index contributed by atoms with van der Waals surface area (Å²) in [6, 6.07) is 4.51. The molecule has 6 nitrogen and oxygen atoms in total. The first kappa shape index (κ1) is 18.6. The van der Waals surface area contributed by atoms with Gasteiger partial charge in [0.2, 0.25) is 10.0 Å². The second-order valence-electron chi connectivity index (χ2n) is 6.66. The molecule has 0 aliphatic carbocycles. The third kappa shape index (κ3) is 4.00. The highest BCUT2D eigenvalue weighted by atomic mass is 35.5. The number of piperidine rings is 1. The fourth-order valence-electron chi connectivity index (χ4n) is 3.32. The Labute approximate surface area is 153 Å². The number of rotatable bonds is 3. The lowest BCUT2D eigenvalue weighted by Crippen LogP contribution is -2.41. The summed E-state index contributed by atoms with van der Waals surface area (Å²) in [4.78, 5) is 14.6. The first-order chi connectivity index (χ1) is 11.9. The molecule has 25 heavy (non-hydrogen) atoms. The van der Waals surface area contributed by atoms with E-state index in [-0.39, 0.29) is 15.8 Å². The largest absolute Gasteiger partial charge is 0.379 e. The lowest BCUT2D eigenvalue weighted by atomic mass is 9.99. The molecular formula is C17H23ClN2O4S. The summed E-state index contributed by atoms with van der Waals surface area (Å²) in [5.74, 6) is 0.322. The topological polar surface area (TPSA) is 66.9 Å². The van der Waals surface area contributed by atoms with Gasteiger partial charge in [-0.25, -0.2) is 8.42 Å². The van der Waals surface area contributed by atoms with Crippen LogP contribution < -0.4 is 0 Å². The van der Waals surface area contributed by atoms with Crippen LogP contribution in [0, 0.1) is 5.92 Å². The fourth-order valence-corrected chi connectivity index (χ4v) is 5.22. The highest BCUT2D eigenvalue weighted by Crippen LogP contribution is 2.27. The monoisotopic (exact) mass is 386 g/mol. The van der Waals surface area contributed by atoms with Crippen molar-refractivity contribution in [2.45, 2.75) is 24.7 Å². The Bertz CT molecular complexity index is 747. The Morgan fingerprint density at radius 2 is 1.96 bits per heavy atom. The highest BCUT2D eigenvalue weighted by molar-refractivity contribution is 7.89. The summed E-state index contributed by atoms with van der Waals surface area (Å²) < 4.78 is 32.3. The van der Waals surface area contributed by atoms with Gasteiger partial charge in [-0.15, -0.1) is 0 Å². The summed E-state index contributed by atoms with van der Waals surface area (Å²) in [6.07, 6.45) is 2.08. The average molecular weight is 387 g/mol. The molecule has 0 unspecified atom stereocenters. The zero-order valence-corrected chi connectivity index (χ0v) is 15.9.